The van der Waals surface area contributed by atoms with E-state index >= 15 is 0 Å². The quantitative estimate of drug-likeness (QED) is 0.737. The number of morpholine rings is 1. The molecule has 0 aliphatic carbocycles. The van der Waals surface area contributed by atoms with Crippen molar-refractivity contribution < 1.29 is 9.84 Å². The number of hydrogen-bond donors (Lipinski definition) is 2. The lowest BCUT2D eigenvalue weighted by molar-refractivity contribution is 0.122. The molecule has 4 rings (SSSR count). The molecule has 2 aromatic heterocycles. The zero-order chi connectivity index (χ0) is 18.6. The molecule has 7 heteroatoms. The topological polar surface area (TPSA) is 83.4 Å². The first-order valence-corrected chi connectivity index (χ1v) is 8.88. The number of nitrogens with one attached hydrogen (secondary N) is 1. The third-order valence-corrected chi connectivity index (χ3v) is 4.44. The molecule has 0 spiro atoms. The second-order valence-electron chi connectivity index (χ2n) is 6.40. The van der Waals surface area contributed by atoms with Crippen LogP contribution in [0.15, 0.2) is 48.8 Å². The summed E-state index contributed by atoms with van der Waals surface area (Å²) in [6.07, 6.45) is 3.47. The van der Waals surface area contributed by atoms with Gasteiger partial charge in [-0.25, -0.2) is 4.98 Å². The van der Waals surface area contributed by atoms with Gasteiger partial charge in [0.2, 0.25) is 5.95 Å². The summed E-state index contributed by atoms with van der Waals surface area (Å²) < 4.78 is 5.44. The van der Waals surface area contributed by atoms with Crippen LogP contribution in [0.2, 0.25) is 0 Å². The Labute approximate surface area is 157 Å². The molecule has 7 nitrogen and oxygen atoms in total. The summed E-state index contributed by atoms with van der Waals surface area (Å²) in [6.45, 7) is 4.80. The van der Waals surface area contributed by atoms with E-state index in [2.05, 4.69) is 20.2 Å². The number of hydrogen-bond acceptors (Lipinski definition) is 7. The maximum atomic E-state index is 9.93. The lowest BCUT2D eigenvalue weighted by Crippen LogP contribution is -2.37. The van der Waals surface area contributed by atoms with Crippen molar-refractivity contribution in [1.29, 1.82) is 0 Å². The van der Waals surface area contributed by atoms with E-state index in [0.717, 1.165) is 35.6 Å². The fraction of sp³-hybridized carbons (Fsp3) is 0.250. The van der Waals surface area contributed by atoms with Gasteiger partial charge in [0, 0.05) is 30.9 Å². The number of nitrogens with zero attached hydrogens (tertiary/aromatic N) is 4. The standard InChI is InChI=1S/C20H21N5O2/c1-14-4-5-16(26)11-17(14)18-12-19(22-15-3-2-6-21-13-15)24-20(23-18)25-7-9-27-10-8-25/h2-6,11-13,26H,7-10H2,1H3,(H,22,23,24). The number of rotatable bonds is 4. The minimum absolute atomic E-state index is 0.212. The highest BCUT2D eigenvalue weighted by Crippen LogP contribution is 2.29. The molecule has 1 saturated heterocycles. The Morgan fingerprint density at radius 2 is 1.96 bits per heavy atom. The van der Waals surface area contributed by atoms with E-state index < -0.39 is 0 Å². The summed E-state index contributed by atoms with van der Waals surface area (Å²) in [4.78, 5) is 15.7. The van der Waals surface area contributed by atoms with Crippen molar-refractivity contribution in [3.63, 3.8) is 0 Å². The molecular formula is C20H21N5O2. The van der Waals surface area contributed by atoms with Gasteiger partial charge in [0.15, 0.2) is 0 Å². The second kappa shape index (κ2) is 7.59. The van der Waals surface area contributed by atoms with Crippen molar-refractivity contribution >= 4 is 17.5 Å². The first-order valence-electron chi connectivity index (χ1n) is 8.88. The van der Waals surface area contributed by atoms with Crippen LogP contribution in [0.25, 0.3) is 11.3 Å². The first-order chi connectivity index (χ1) is 13.2. The molecule has 0 amide bonds. The Morgan fingerprint density at radius 3 is 2.74 bits per heavy atom. The van der Waals surface area contributed by atoms with Crippen molar-refractivity contribution in [2.45, 2.75) is 6.92 Å². The maximum Gasteiger partial charge on any atom is 0.228 e. The largest absolute Gasteiger partial charge is 0.508 e. The van der Waals surface area contributed by atoms with E-state index in [9.17, 15) is 5.11 Å². The zero-order valence-corrected chi connectivity index (χ0v) is 15.1. The van der Waals surface area contributed by atoms with Gasteiger partial charge in [-0.05, 0) is 36.8 Å². The number of benzene rings is 1. The summed E-state index contributed by atoms with van der Waals surface area (Å²) in [7, 11) is 0. The first kappa shape index (κ1) is 17.2. The Balaban J connectivity index is 1.77. The van der Waals surface area contributed by atoms with Gasteiger partial charge < -0.3 is 20.1 Å². The van der Waals surface area contributed by atoms with Crippen LogP contribution in [0, 0.1) is 6.92 Å². The molecule has 0 unspecified atom stereocenters. The minimum Gasteiger partial charge on any atom is -0.508 e. The summed E-state index contributed by atoms with van der Waals surface area (Å²) in [5.74, 6) is 1.53. The second-order valence-corrected chi connectivity index (χ2v) is 6.40. The molecule has 1 fully saturated rings. The van der Waals surface area contributed by atoms with Crippen molar-refractivity contribution in [3.05, 3.63) is 54.4 Å². The number of ether oxygens (including phenoxy) is 1. The summed E-state index contributed by atoms with van der Waals surface area (Å²) in [5.41, 5.74) is 3.52. The fourth-order valence-corrected chi connectivity index (χ4v) is 3.01. The molecule has 0 atom stereocenters. The number of anilines is 3. The van der Waals surface area contributed by atoms with Gasteiger partial charge in [-0.1, -0.05) is 6.07 Å². The van der Waals surface area contributed by atoms with Crippen molar-refractivity contribution in [1.82, 2.24) is 15.0 Å². The molecule has 0 radical (unpaired) electrons. The SMILES string of the molecule is Cc1ccc(O)cc1-c1cc(Nc2cccnc2)nc(N2CCOCC2)n1. The molecule has 3 aromatic rings. The van der Waals surface area contributed by atoms with Gasteiger partial charge in [-0.15, -0.1) is 0 Å². The van der Waals surface area contributed by atoms with E-state index in [1.807, 2.05) is 31.2 Å². The van der Waals surface area contributed by atoms with Crippen LogP contribution >= 0.6 is 0 Å². The molecule has 2 N–H and O–H groups in total. The Kier molecular flexibility index (Phi) is 4.84. The van der Waals surface area contributed by atoms with Crippen LogP contribution in [-0.2, 0) is 4.74 Å². The molecule has 3 heterocycles. The van der Waals surface area contributed by atoms with E-state index in [-0.39, 0.29) is 5.75 Å². The third kappa shape index (κ3) is 3.98. The fourth-order valence-electron chi connectivity index (χ4n) is 3.01. The molecule has 138 valence electrons. The van der Waals surface area contributed by atoms with E-state index in [4.69, 9.17) is 9.72 Å². The number of pyridine rings is 1. The van der Waals surface area contributed by atoms with Gasteiger partial charge in [-0.2, -0.15) is 4.98 Å². The molecular weight excluding hydrogens is 342 g/mol. The van der Waals surface area contributed by atoms with Crippen molar-refractivity contribution in [2.75, 3.05) is 36.5 Å². The Hall–Kier alpha value is -3.19. The molecule has 1 aliphatic heterocycles. The number of aryl methyl sites for hydroxylation is 1. The van der Waals surface area contributed by atoms with Crippen LogP contribution in [0.5, 0.6) is 5.75 Å². The van der Waals surface area contributed by atoms with Crippen LogP contribution in [-0.4, -0.2) is 46.4 Å². The maximum absolute atomic E-state index is 9.93. The summed E-state index contributed by atoms with van der Waals surface area (Å²) >= 11 is 0. The lowest BCUT2D eigenvalue weighted by atomic mass is 10.0. The smallest absolute Gasteiger partial charge is 0.228 e. The zero-order valence-electron chi connectivity index (χ0n) is 15.1. The number of aromatic nitrogens is 3. The van der Waals surface area contributed by atoms with Gasteiger partial charge in [0.25, 0.3) is 0 Å². The minimum atomic E-state index is 0.212. The number of aromatic hydroxyl groups is 1. The predicted molar refractivity (Wildman–Crippen MR) is 104 cm³/mol. The molecule has 1 aromatic carbocycles. The van der Waals surface area contributed by atoms with E-state index in [0.29, 0.717) is 25.0 Å². The van der Waals surface area contributed by atoms with E-state index in [1.54, 1.807) is 24.5 Å². The average Bonchev–Trinajstić information content (AvgIpc) is 2.71. The highest BCUT2D eigenvalue weighted by atomic mass is 16.5. The predicted octanol–water partition coefficient (Wildman–Crippen LogP) is 3.13. The van der Waals surface area contributed by atoms with Gasteiger partial charge in [0.1, 0.15) is 11.6 Å². The van der Waals surface area contributed by atoms with Crippen LogP contribution in [0.4, 0.5) is 17.5 Å². The number of phenols is 1. The highest BCUT2D eigenvalue weighted by molar-refractivity contribution is 5.70. The molecule has 0 bridgehead atoms. The van der Waals surface area contributed by atoms with Gasteiger partial charge >= 0.3 is 0 Å². The van der Waals surface area contributed by atoms with Gasteiger partial charge in [0.05, 0.1) is 30.8 Å². The van der Waals surface area contributed by atoms with Gasteiger partial charge in [-0.3, -0.25) is 4.98 Å². The monoisotopic (exact) mass is 363 g/mol. The number of phenolic OH excluding ortho intramolecular Hbond substituents is 1. The molecule has 0 saturated carbocycles. The van der Waals surface area contributed by atoms with Crippen LogP contribution in [0.3, 0.4) is 0 Å². The van der Waals surface area contributed by atoms with Crippen LogP contribution < -0.4 is 10.2 Å². The lowest BCUT2D eigenvalue weighted by Gasteiger charge is -2.27. The normalized spacial score (nSPS) is 14.2. The van der Waals surface area contributed by atoms with Crippen molar-refractivity contribution in [2.24, 2.45) is 0 Å². The molecule has 1 aliphatic rings. The summed E-state index contributed by atoms with van der Waals surface area (Å²) in [6, 6.07) is 11.0. The van der Waals surface area contributed by atoms with Crippen LogP contribution in [0.1, 0.15) is 5.56 Å². The average molecular weight is 363 g/mol. The highest BCUT2D eigenvalue weighted by Gasteiger charge is 2.17. The van der Waals surface area contributed by atoms with E-state index in [1.165, 1.54) is 0 Å². The van der Waals surface area contributed by atoms with Crippen molar-refractivity contribution in [3.8, 4) is 17.0 Å². The Morgan fingerprint density at radius 1 is 1.11 bits per heavy atom. The summed E-state index contributed by atoms with van der Waals surface area (Å²) in [5, 5.41) is 13.2. The Bertz CT molecular complexity index is 927. The molecule has 27 heavy (non-hydrogen) atoms. The third-order valence-electron chi connectivity index (χ3n) is 4.44.